The van der Waals surface area contributed by atoms with E-state index in [1.165, 1.54) is 43.4 Å². The first-order valence-corrected chi connectivity index (χ1v) is 10.9. The minimum absolute atomic E-state index is 0.0275. The third kappa shape index (κ3) is 4.43. The minimum Gasteiger partial charge on any atom is -0.507 e. The summed E-state index contributed by atoms with van der Waals surface area (Å²) in [7, 11) is 3.03. The molecule has 1 amide bonds. The molecule has 2 saturated heterocycles. The number of nitrogens with zero attached hydrogens (tertiary/aromatic N) is 2. The first-order chi connectivity index (χ1) is 15.9. The van der Waals surface area contributed by atoms with E-state index in [9.17, 15) is 19.1 Å². The summed E-state index contributed by atoms with van der Waals surface area (Å²) in [5.74, 6) is -1.28. The fraction of sp³-hybridized carbons (Fsp3) is 0.360. The van der Waals surface area contributed by atoms with Crippen molar-refractivity contribution in [3.05, 3.63) is 65.0 Å². The second-order valence-electron chi connectivity index (χ2n) is 8.16. The summed E-state index contributed by atoms with van der Waals surface area (Å²) in [6.45, 7) is 2.89. The van der Waals surface area contributed by atoms with Gasteiger partial charge in [0.15, 0.2) is 11.5 Å². The molecule has 33 heavy (non-hydrogen) atoms. The highest BCUT2D eigenvalue weighted by molar-refractivity contribution is 6.46. The molecule has 2 aliphatic heterocycles. The van der Waals surface area contributed by atoms with Crippen LogP contribution in [0.15, 0.2) is 48.0 Å². The maximum Gasteiger partial charge on any atom is 0.295 e. The van der Waals surface area contributed by atoms with Crippen molar-refractivity contribution in [3.8, 4) is 11.5 Å². The van der Waals surface area contributed by atoms with Gasteiger partial charge in [0.1, 0.15) is 11.6 Å². The van der Waals surface area contributed by atoms with Crippen molar-refractivity contribution >= 4 is 17.4 Å². The summed E-state index contributed by atoms with van der Waals surface area (Å²) in [6.07, 6.45) is 2.23. The number of aliphatic hydroxyl groups is 1. The number of hydrogen-bond acceptors (Lipinski definition) is 6. The molecule has 4 rings (SSSR count). The zero-order valence-electron chi connectivity index (χ0n) is 18.7. The lowest BCUT2D eigenvalue weighted by Gasteiger charge is -2.27. The van der Waals surface area contributed by atoms with Crippen molar-refractivity contribution in [2.75, 3.05) is 40.4 Å². The number of benzene rings is 2. The fourth-order valence-electron chi connectivity index (χ4n) is 4.50. The van der Waals surface area contributed by atoms with Crippen LogP contribution in [0.1, 0.15) is 30.0 Å². The van der Waals surface area contributed by atoms with Crippen molar-refractivity contribution < 1.29 is 28.6 Å². The molecule has 2 aromatic rings. The van der Waals surface area contributed by atoms with Gasteiger partial charge in [0.05, 0.1) is 25.8 Å². The van der Waals surface area contributed by atoms with Crippen molar-refractivity contribution in [1.29, 1.82) is 0 Å². The number of carbonyl (C=O) groups excluding carboxylic acids is 2. The summed E-state index contributed by atoms with van der Waals surface area (Å²) in [5, 5.41) is 11.0. The lowest BCUT2D eigenvalue weighted by Crippen LogP contribution is -2.37. The van der Waals surface area contributed by atoms with Gasteiger partial charge in [0.25, 0.3) is 11.7 Å². The van der Waals surface area contributed by atoms with Crippen molar-refractivity contribution in [2.24, 2.45) is 0 Å². The number of Topliss-reactive ketones (excluding diaryl/α,β-unsaturated/α-hetero) is 1. The van der Waals surface area contributed by atoms with Crippen LogP contribution in [0.25, 0.3) is 5.76 Å². The number of likely N-dealkylation sites (tertiary alicyclic amines) is 2. The van der Waals surface area contributed by atoms with Crippen LogP contribution in [0, 0.1) is 5.82 Å². The number of rotatable bonds is 7. The third-order valence-electron chi connectivity index (χ3n) is 6.24. The Morgan fingerprint density at radius 2 is 1.67 bits per heavy atom. The molecule has 8 heteroatoms. The highest BCUT2D eigenvalue weighted by Gasteiger charge is 2.46. The number of methoxy groups -OCH3 is 2. The normalized spacial score (nSPS) is 20.5. The SMILES string of the molecule is COc1ccc(C2/C(=C(\O)c3ccc(F)cc3)C(=O)C(=O)N2CCN2CCCC2)cc1OC. The Kier molecular flexibility index (Phi) is 6.65. The lowest BCUT2D eigenvalue weighted by molar-refractivity contribution is -0.140. The van der Waals surface area contributed by atoms with E-state index in [2.05, 4.69) is 4.90 Å². The van der Waals surface area contributed by atoms with E-state index in [1.807, 2.05) is 0 Å². The van der Waals surface area contributed by atoms with E-state index in [1.54, 1.807) is 18.2 Å². The number of halogens is 1. The first-order valence-electron chi connectivity index (χ1n) is 10.9. The molecule has 2 aliphatic rings. The first kappa shape index (κ1) is 22.8. The number of amides is 1. The molecular formula is C25H27FN2O5. The van der Waals surface area contributed by atoms with E-state index in [0.717, 1.165) is 25.9 Å². The molecule has 2 heterocycles. The molecule has 0 spiro atoms. The molecule has 1 unspecified atom stereocenters. The molecule has 1 atom stereocenters. The molecule has 2 aromatic carbocycles. The Bertz CT molecular complexity index is 1080. The van der Waals surface area contributed by atoms with Gasteiger partial charge in [-0.25, -0.2) is 4.39 Å². The Hall–Kier alpha value is -3.39. The summed E-state index contributed by atoms with van der Waals surface area (Å²) < 4.78 is 24.2. The maximum absolute atomic E-state index is 13.4. The van der Waals surface area contributed by atoms with Crippen LogP contribution in [-0.2, 0) is 9.59 Å². The number of carbonyl (C=O) groups is 2. The second kappa shape index (κ2) is 9.62. The molecule has 1 N–H and O–H groups in total. The molecule has 0 aliphatic carbocycles. The molecule has 174 valence electrons. The predicted octanol–water partition coefficient (Wildman–Crippen LogP) is 3.36. The lowest BCUT2D eigenvalue weighted by atomic mass is 9.95. The third-order valence-corrected chi connectivity index (χ3v) is 6.24. The van der Waals surface area contributed by atoms with Crippen LogP contribution in [0.3, 0.4) is 0 Å². The minimum atomic E-state index is -0.808. The van der Waals surface area contributed by atoms with Gasteiger partial charge in [-0.15, -0.1) is 0 Å². The van der Waals surface area contributed by atoms with E-state index in [-0.39, 0.29) is 16.9 Å². The highest BCUT2D eigenvalue weighted by atomic mass is 19.1. The predicted molar refractivity (Wildman–Crippen MR) is 121 cm³/mol. The largest absolute Gasteiger partial charge is 0.507 e. The Morgan fingerprint density at radius 1 is 1.00 bits per heavy atom. The van der Waals surface area contributed by atoms with Crippen molar-refractivity contribution in [3.63, 3.8) is 0 Å². The quantitative estimate of drug-likeness (QED) is 0.393. The standard InChI is InChI=1S/C25H27FN2O5/c1-32-19-10-7-17(15-20(19)33-2)22-21(23(29)16-5-8-18(26)9-6-16)24(30)25(31)28(22)14-13-27-11-3-4-12-27/h5-10,15,22,29H,3-4,11-14H2,1-2H3/b23-21+. The summed E-state index contributed by atoms with van der Waals surface area (Å²) >= 11 is 0. The Labute approximate surface area is 192 Å². The van der Waals surface area contributed by atoms with E-state index in [0.29, 0.717) is 30.2 Å². The van der Waals surface area contributed by atoms with E-state index in [4.69, 9.17) is 9.47 Å². The fourth-order valence-corrected chi connectivity index (χ4v) is 4.50. The second-order valence-corrected chi connectivity index (χ2v) is 8.16. The van der Waals surface area contributed by atoms with Gasteiger partial charge in [-0.2, -0.15) is 0 Å². The van der Waals surface area contributed by atoms with Crippen LogP contribution in [0.2, 0.25) is 0 Å². The van der Waals surface area contributed by atoms with Gasteiger partial charge in [-0.1, -0.05) is 6.07 Å². The highest BCUT2D eigenvalue weighted by Crippen LogP contribution is 2.41. The average Bonchev–Trinajstić information content (AvgIpc) is 3.44. The molecule has 0 radical (unpaired) electrons. The smallest absolute Gasteiger partial charge is 0.295 e. The number of aliphatic hydroxyl groups excluding tert-OH is 1. The zero-order valence-corrected chi connectivity index (χ0v) is 18.7. The van der Waals surface area contributed by atoms with Crippen LogP contribution >= 0.6 is 0 Å². The number of hydrogen-bond donors (Lipinski definition) is 1. The van der Waals surface area contributed by atoms with E-state index < -0.39 is 23.5 Å². The molecular weight excluding hydrogens is 427 g/mol. The number of ketones is 1. The summed E-state index contributed by atoms with van der Waals surface area (Å²) in [6, 6.07) is 9.51. The summed E-state index contributed by atoms with van der Waals surface area (Å²) in [4.78, 5) is 29.9. The van der Waals surface area contributed by atoms with Gasteiger partial charge >= 0.3 is 0 Å². The van der Waals surface area contributed by atoms with Crippen LogP contribution < -0.4 is 9.47 Å². The van der Waals surface area contributed by atoms with Crippen molar-refractivity contribution in [2.45, 2.75) is 18.9 Å². The molecule has 0 aromatic heterocycles. The van der Waals surface area contributed by atoms with Gasteiger partial charge < -0.3 is 24.4 Å². The molecule has 0 saturated carbocycles. The average molecular weight is 454 g/mol. The van der Waals surface area contributed by atoms with Gasteiger partial charge in [-0.05, 0) is 67.9 Å². The van der Waals surface area contributed by atoms with Crippen LogP contribution in [0.5, 0.6) is 11.5 Å². The van der Waals surface area contributed by atoms with Gasteiger partial charge in [0, 0.05) is 18.7 Å². The van der Waals surface area contributed by atoms with Crippen LogP contribution in [0.4, 0.5) is 4.39 Å². The van der Waals surface area contributed by atoms with Crippen molar-refractivity contribution in [1.82, 2.24) is 9.80 Å². The summed E-state index contributed by atoms with van der Waals surface area (Å²) in [5.41, 5.74) is 0.844. The monoisotopic (exact) mass is 454 g/mol. The molecule has 2 fully saturated rings. The Balaban J connectivity index is 1.79. The van der Waals surface area contributed by atoms with Crippen LogP contribution in [-0.4, -0.2) is 67.0 Å². The van der Waals surface area contributed by atoms with Gasteiger partial charge in [-0.3, -0.25) is 9.59 Å². The maximum atomic E-state index is 13.4. The zero-order chi connectivity index (χ0) is 23.5. The van der Waals surface area contributed by atoms with Gasteiger partial charge in [0.2, 0.25) is 0 Å². The van der Waals surface area contributed by atoms with E-state index >= 15 is 0 Å². The molecule has 7 nitrogen and oxygen atoms in total. The number of ether oxygens (including phenoxy) is 2. The Morgan fingerprint density at radius 3 is 2.30 bits per heavy atom. The topological polar surface area (TPSA) is 79.3 Å². The molecule has 0 bridgehead atoms.